The van der Waals surface area contributed by atoms with Crippen LogP contribution in [0.15, 0.2) is 78.9 Å². The van der Waals surface area contributed by atoms with Crippen LogP contribution in [-0.4, -0.2) is 33.3 Å². The summed E-state index contributed by atoms with van der Waals surface area (Å²) in [5.74, 6) is -0.233. The molecule has 0 saturated carbocycles. The zero-order valence-corrected chi connectivity index (χ0v) is 17.7. The second kappa shape index (κ2) is 9.43. The van der Waals surface area contributed by atoms with Gasteiger partial charge in [-0.15, -0.1) is 0 Å². The molecule has 6 nitrogen and oxygen atoms in total. The molecule has 3 aromatic carbocycles. The molecular formula is C25H23FN4O2. The monoisotopic (exact) mass is 430 g/mol. The standard InChI is InChI=1S/C25H23FN4O2/c1-29(16-18-7-3-2-4-8-18)24(31)17-30-22-10-6-5-9-21(22)28-23(30)15-27-25(32)19-11-13-20(26)14-12-19/h2-14H,15-17H2,1H3,(H,27,32). The Morgan fingerprint density at radius 3 is 2.41 bits per heavy atom. The van der Waals surface area contributed by atoms with Gasteiger partial charge in [-0.3, -0.25) is 9.59 Å². The number of fused-ring (bicyclic) bond motifs is 1. The maximum Gasteiger partial charge on any atom is 0.251 e. The van der Waals surface area contributed by atoms with Crippen molar-refractivity contribution in [2.24, 2.45) is 0 Å². The van der Waals surface area contributed by atoms with E-state index >= 15 is 0 Å². The molecule has 1 heterocycles. The molecule has 0 spiro atoms. The maximum atomic E-state index is 13.1. The first kappa shape index (κ1) is 21.2. The average molecular weight is 430 g/mol. The van der Waals surface area contributed by atoms with Gasteiger partial charge in [0.15, 0.2) is 0 Å². The zero-order valence-electron chi connectivity index (χ0n) is 17.7. The lowest BCUT2D eigenvalue weighted by atomic mass is 10.2. The number of benzene rings is 3. The molecule has 0 aliphatic rings. The summed E-state index contributed by atoms with van der Waals surface area (Å²) < 4.78 is 14.9. The van der Waals surface area contributed by atoms with E-state index in [0.717, 1.165) is 16.6 Å². The van der Waals surface area contributed by atoms with Gasteiger partial charge in [0, 0.05) is 19.2 Å². The van der Waals surface area contributed by atoms with E-state index in [1.807, 2.05) is 59.2 Å². The number of carbonyl (C=O) groups is 2. The Morgan fingerprint density at radius 2 is 1.66 bits per heavy atom. The van der Waals surface area contributed by atoms with Crippen LogP contribution in [0.25, 0.3) is 11.0 Å². The summed E-state index contributed by atoms with van der Waals surface area (Å²) in [6.07, 6.45) is 0. The highest BCUT2D eigenvalue weighted by Crippen LogP contribution is 2.17. The number of aromatic nitrogens is 2. The molecule has 0 fully saturated rings. The molecule has 0 bridgehead atoms. The number of para-hydroxylation sites is 2. The van der Waals surface area contributed by atoms with Crippen LogP contribution >= 0.6 is 0 Å². The van der Waals surface area contributed by atoms with Crippen molar-refractivity contribution in [3.63, 3.8) is 0 Å². The molecule has 0 unspecified atom stereocenters. The molecule has 0 atom stereocenters. The number of rotatable bonds is 7. The van der Waals surface area contributed by atoms with Crippen LogP contribution < -0.4 is 5.32 Å². The maximum absolute atomic E-state index is 13.1. The second-order valence-electron chi connectivity index (χ2n) is 7.53. The summed E-state index contributed by atoms with van der Waals surface area (Å²) in [5, 5.41) is 2.81. The lowest BCUT2D eigenvalue weighted by Gasteiger charge is -2.19. The van der Waals surface area contributed by atoms with E-state index in [4.69, 9.17) is 0 Å². The van der Waals surface area contributed by atoms with Gasteiger partial charge < -0.3 is 14.8 Å². The Kier molecular flexibility index (Phi) is 6.26. The molecule has 0 aliphatic heterocycles. The number of hydrogen-bond donors (Lipinski definition) is 1. The predicted molar refractivity (Wildman–Crippen MR) is 120 cm³/mol. The Hall–Kier alpha value is -4.00. The average Bonchev–Trinajstić information content (AvgIpc) is 3.16. The van der Waals surface area contributed by atoms with E-state index in [1.165, 1.54) is 24.3 Å². The molecule has 7 heteroatoms. The highest BCUT2D eigenvalue weighted by molar-refractivity contribution is 5.94. The normalized spacial score (nSPS) is 10.8. The number of imidazole rings is 1. The van der Waals surface area contributed by atoms with Crippen molar-refractivity contribution in [1.82, 2.24) is 19.8 Å². The quantitative estimate of drug-likeness (QED) is 0.485. The first-order valence-electron chi connectivity index (χ1n) is 10.3. The predicted octanol–water partition coefficient (Wildman–Crippen LogP) is 3.76. The van der Waals surface area contributed by atoms with E-state index in [1.54, 1.807) is 11.9 Å². The van der Waals surface area contributed by atoms with E-state index < -0.39 is 5.82 Å². The minimum absolute atomic E-state index is 0.0666. The van der Waals surface area contributed by atoms with E-state index in [0.29, 0.717) is 17.9 Å². The topological polar surface area (TPSA) is 67.2 Å². The SMILES string of the molecule is CN(Cc1ccccc1)C(=O)Cn1c(CNC(=O)c2ccc(F)cc2)nc2ccccc21. The number of halogens is 1. The van der Waals surface area contributed by atoms with Crippen molar-refractivity contribution in [1.29, 1.82) is 0 Å². The molecule has 2 amide bonds. The first-order chi connectivity index (χ1) is 15.5. The van der Waals surface area contributed by atoms with Gasteiger partial charge in [-0.05, 0) is 42.0 Å². The van der Waals surface area contributed by atoms with Gasteiger partial charge in [-0.2, -0.15) is 0 Å². The van der Waals surface area contributed by atoms with Crippen LogP contribution in [0.4, 0.5) is 4.39 Å². The first-order valence-corrected chi connectivity index (χ1v) is 10.3. The third-order valence-corrected chi connectivity index (χ3v) is 5.23. The smallest absolute Gasteiger partial charge is 0.251 e. The molecule has 4 aromatic rings. The van der Waals surface area contributed by atoms with Crippen molar-refractivity contribution in [3.05, 3.63) is 102 Å². The summed E-state index contributed by atoms with van der Waals surface area (Å²) in [6, 6.07) is 22.7. The largest absolute Gasteiger partial charge is 0.345 e. The molecule has 162 valence electrons. The zero-order chi connectivity index (χ0) is 22.5. The summed E-state index contributed by atoms with van der Waals surface area (Å²) in [7, 11) is 1.77. The Bertz CT molecular complexity index is 1240. The minimum Gasteiger partial charge on any atom is -0.345 e. The fourth-order valence-electron chi connectivity index (χ4n) is 3.50. The Labute approximate surface area is 185 Å². The van der Waals surface area contributed by atoms with Crippen LogP contribution in [0.3, 0.4) is 0 Å². The van der Waals surface area contributed by atoms with Gasteiger partial charge in [0.2, 0.25) is 5.91 Å². The number of nitrogens with one attached hydrogen (secondary N) is 1. The van der Waals surface area contributed by atoms with Crippen LogP contribution in [0.5, 0.6) is 0 Å². The lowest BCUT2D eigenvalue weighted by Crippen LogP contribution is -2.31. The number of likely N-dealkylation sites (N-methyl/N-ethyl adjacent to an activating group) is 1. The van der Waals surface area contributed by atoms with E-state index in [9.17, 15) is 14.0 Å². The molecule has 0 saturated heterocycles. The van der Waals surface area contributed by atoms with Crippen molar-refractivity contribution in [2.45, 2.75) is 19.6 Å². The van der Waals surface area contributed by atoms with Crippen molar-refractivity contribution in [3.8, 4) is 0 Å². The fraction of sp³-hybridized carbons (Fsp3) is 0.160. The molecule has 0 aliphatic carbocycles. The number of carbonyl (C=O) groups excluding carboxylic acids is 2. The molecule has 0 radical (unpaired) electrons. The van der Waals surface area contributed by atoms with Crippen molar-refractivity contribution < 1.29 is 14.0 Å². The van der Waals surface area contributed by atoms with Crippen LogP contribution in [0.1, 0.15) is 21.7 Å². The van der Waals surface area contributed by atoms with Crippen LogP contribution in [-0.2, 0) is 24.4 Å². The summed E-state index contributed by atoms with van der Waals surface area (Å²) in [4.78, 5) is 31.7. The molecule has 4 rings (SSSR count). The summed E-state index contributed by atoms with van der Waals surface area (Å²) in [5.41, 5.74) is 2.97. The lowest BCUT2D eigenvalue weighted by molar-refractivity contribution is -0.131. The van der Waals surface area contributed by atoms with Crippen molar-refractivity contribution >= 4 is 22.8 Å². The van der Waals surface area contributed by atoms with Gasteiger partial charge in [0.25, 0.3) is 5.91 Å². The van der Waals surface area contributed by atoms with E-state index in [2.05, 4.69) is 10.3 Å². The highest BCUT2D eigenvalue weighted by atomic mass is 19.1. The Balaban J connectivity index is 1.51. The van der Waals surface area contributed by atoms with Crippen LogP contribution in [0, 0.1) is 5.82 Å². The number of nitrogens with zero attached hydrogens (tertiary/aromatic N) is 3. The van der Waals surface area contributed by atoms with E-state index in [-0.39, 0.29) is 24.9 Å². The third kappa shape index (κ3) is 4.83. The third-order valence-electron chi connectivity index (χ3n) is 5.23. The van der Waals surface area contributed by atoms with Gasteiger partial charge in [0.1, 0.15) is 18.2 Å². The van der Waals surface area contributed by atoms with Gasteiger partial charge in [0.05, 0.1) is 17.6 Å². The molecule has 1 N–H and O–H groups in total. The molecule has 32 heavy (non-hydrogen) atoms. The number of amides is 2. The van der Waals surface area contributed by atoms with Gasteiger partial charge >= 0.3 is 0 Å². The van der Waals surface area contributed by atoms with Gasteiger partial charge in [-0.25, -0.2) is 9.37 Å². The molecular weight excluding hydrogens is 407 g/mol. The van der Waals surface area contributed by atoms with Crippen molar-refractivity contribution in [2.75, 3.05) is 7.05 Å². The number of hydrogen-bond acceptors (Lipinski definition) is 3. The summed E-state index contributed by atoms with van der Waals surface area (Å²) >= 11 is 0. The molecule has 1 aromatic heterocycles. The fourth-order valence-corrected chi connectivity index (χ4v) is 3.50. The minimum atomic E-state index is -0.401. The van der Waals surface area contributed by atoms with Crippen LogP contribution in [0.2, 0.25) is 0 Å². The Morgan fingerprint density at radius 1 is 0.969 bits per heavy atom. The summed E-state index contributed by atoms with van der Waals surface area (Å²) in [6.45, 7) is 0.745. The second-order valence-corrected chi connectivity index (χ2v) is 7.53. The van der Waals surface area contributed by atoms with Gasteiger partial charge in [-0.1, -0.05) is 42.5 Å². The highest BCUT2D eigenvalue weighted by Gasteiger charge is 2.17.